The molecule has 152 valence electrons. The number of amides is 2. The molecule has 5 nitrogen and oxygen atoms in total. The Morgan fingerprint density at radius 1 is 1.14 bits per heavy atom. The molecule has 0 unspecified atom stereocenters. The van der Waals surface area contributed by atoms with E-state index in [1.807, 2.05) is 18.9 Å². The fraction of sp³-hybridized carbons (Fsp3) is 0.524. The van der Waals surface area contributed by atoms with Gasteiger partial charge in [0.15, 0.2) is 0 Å². The predicted molar refractivity (Wildman–Crippen MR) is 113 cm³/mol. The summed E-state index contributed by atoms with van der Waals surface area (Å²) in [6.45, 7) is 4.41. The number of likely N-dealkylation sites (tertiary alicyclic amines) is 1. The fourth-order valence-corrected chi connectivity index (χ4v) is 4.41. The van der Waals surface area contributed by atoms with Crippen molar-refractivity contribution < 1.29 is 9.59 Å². The molecule has 0 saturated carbocycles. The number of carbonyl (C=O) groups excluding carboxylic acids is 2. The van der Waals surface area contributed by atoms with E-state index in [9.17, 15) is 9.59 Å². The van der Waals surface area contributed by atoms with Crippen molar-refractivity contribution in [1.82, 2.24) is 14.7 Å². The van der Waals surface area contributed by atoms with Crippen LogP contribution in [0.4, 0.5) is 0 Å². The standard InChI is InChI=1S/C21H27Cl2N3O2/c1-4-5-10-26-20(27)18(16-7-6-14(22)13-17(16)23)19(21(26)28)25(3)15-8-11-24(2)12-9-15/h6-7,13,15H,4-5,8-12H2,1-3H3. The van der Waals surface area contributed by atoms with E-state index in [0.717, 1.165) is 38.8 Å². The molecule has 2 aliphatic rings. The summed E-state index contributed by atoms with van der Waals surface area (Å²) >= 11 is 12.5. The lowest BCUT2D eigenvalue weighted by molar-refractivity contribution is -0.137. The van der Waals surface area contributed by atoms with Gasteiger partial charge in [-0.1, -0.05) is 42.6 Å². The number of rotatable bonds is 6. The SMILES string of the molecule is CCCCN1C(=O)C(c2ccc(Cl)cc2Cl)=C(N(C)C2CCN(C)CC2)C1=O. The maximum Gasteiger partial charge on any atom is 0.277 e. The van der Waals surface area contributed by atoms with E-state index in [2.05, 4.69) is 11.9 Å². The van der Waals surface area contributed by atoms with Gasteiger partial charge in [-0.2, -0.15) is 0 Å². The normalized spacial score (nSPS) is 19.1. The molecular weight excluding hydrogens is 397 g/mol. The summed E-state index contributed by atoms with van der Waals surface area (Å²) in [5.41, 5.74) is 1.42. The Morgan fingerprint density at radius 2 is 1.82 bits per heavy atom. The van der Waals surface area contributed by atoms with Crippen LogP contribution in [0.1, 0.15) is 38.2 Å². The van der Waals surface area contributed by atoms with Crippen molar-refractivity contribution >= 4 is 40.6 Å². The molecule has 2 heterocycles. The van der Waals surface area contributed by atoms with Crippen LogP contribution in [-0.2, 0) is 9.59 Å². The van der Waals surface area contributed by atoms with Crippen molar-refractivity contribution in [2.45, 2.75) is 38.6 Å². The van der Waals surface area contributed by atoms with Gasteiger partial charge in [-0.15, -0.1) is 0 Å². The average Bonchev–Trinajstić information content (AvgIpc) is 2.90. The molecule has 0 N–H and O–H groups in total. The minimum absolute atomic E-state index is 0.218. The molecule has 0 spiro atoms. The third-order valence-corrected chi connectivity index (χ3v) is 6.22. The first kappa shape index (κ1) is 21.2. The van der Waals surface area contributed by atoms with Gasteiger partial charge in [0.05, 0.1) is 10.6 Å². The monoisotopic (exact) mass is 423 g/mol. The first-order valence-corrected chi connectivity index (χ1v) is 10.6. The molecule has 3 rings (SSSR count). The second-order valence-electron chi connectivity index (χ2n) is 7.61. The van der Waals surface area contributed by atoms with E-state index in [4.69, 9.17) is 23.2 Å². The first-order valence-electron chi connectivity index (χ1n) is 9.82. The largest absolute Gasteiger partial charge is 0.366 e. The van der Waals surface area contributed by atoms with Gasteiger partial charge in [-0.05, 0) is 51.5 Å². The number of piperidine rings is 1. The van der Waals surface area contributed by atoms with Gasteiger partial charge in [0.25, 0.3) is 11.8 Å². The molecule has 28 heavy (non-hydrogen) atoms. The molecule has 0 radical (unpaired) electrons. The van der Waals surface area contributed by atoms with Crippen molar-refractivity contribution in [3.63, 3.8) is 0 Å². The molecule has 1 aromatic rings. The van der Waals surface area contributed by atoms with Crippen LogP contribution in [0, 0.1) is 0 Å². The van der Waals surface area contributed by atoms with Crippen LogP contribution < -0.4 is 0 Å². The third-order valence-electron chi connectivity index (χ3n) is 5.67. The van der Waals surface area contributed by atoms with Crippen LogP contribution in [0.5, 0.6) is 0 Å². The number of likely N-dealkylation sites (N-methyl/N-ethyl adjacent to an activating group) is 1. The molecule has 7 heteroatoms. The smallest absolute Gasteiger partial charge is 0.277 e. The van der Waals surface area contributed by atoms with Crippen LogP contribution >= 0.6 is 23.2 Å². The van der Waals surface area contributed by atoms with E-state index in [1.165, 1.54) is 4.90 Å². The van der Waals surface area contributed by atoms with Crippen LogP contribution in [0.3, 0.4) is 0 Å². The average molecular weight is 424 g/mol. The molecule has 0 bridgehead atoms. The van der Waals surface area contributed by atoms with Crippen molar-refractivity contribution in [3.8, 4) is 0 Å². The zero-order chi connectivity index (χ0) is 20.4. The van der Waals surface area contributed by atoms with Crippen LogP contribution in [0.15, 0.2) is 23.9 Å². The minimum Gasteiger partial charge on any atom is -0.366 e. The van der Waals surface area contributed by atoms with E-state index in [1.54, 1.807) is 18.2 Å². The van der Waals surface area contributed by atoms with Gasteiger partial charge in [0.1, 0.15) is 5.70 Å². The number of halogens is 2. The Bertz CT molecular complexity index is 801. The van der Waals surface area contributed by atoms with Gasteiger partial charge in [-0.25, -0.2) is 0 Å². The van der Waals surface area contributed by atoms with Crippen LogP contribution in [0.2, 0.25) is 10.0 Å². The number of benzene rings is 1. The van der Waals surface area contributed by atoms with Crippen LogP contribution in [-0.4, -0.2) is 66.3 Å². The molecule has 1 saturated heterocycles. The highest BCUT2D eigenvalue weighted by atomic mass is 35.5. The van der Waals surface area contributed by atoms with E-state index in [-0.39, 0.29) is 17.9 Å². The number of carbonyl (C=O) groups is 2. The molecule has 2 amide bonds. The summed E-state index contributed by atoms with van der Waals surface area (Å²) in [4.78, 5) is 32.1. The Balaban J connectivity index is 2.03. The van der Waals surface area contributed by atoms with Crippen LogP contribution in [0.25, 0.3) is 5.57 Å². The van der Waals surface area contributed by atoms with Crippen molar-refractivity contribution in [2.75, 3.05) is 33.7 Å². The quantitative estimate of drug-likeness (QED) is 0.650. The number of imide groups is 1. The summed E-state index contributed by atoms with van der Waals surface area (Å²) in [5, 5.41) is 0.884. The molecular formula is C21H27Cl2N3O2. The summed E-state index contributed by atoms with van der Waals surface area (Å²) in [6.07, 6.45) is 3.60. The minimum atomic E-state index is -0.266. The lowest BCUT2D eigenvalue weighted by Crippen LogP contribution is -2.43. The molecule has 1 fully saturated rings. The second-order valence-corrected chi connectivity index (χ2v) is 8.45. The highest BCUT2D eigenvalue weighted by Gasteiger charge is 2.42. The number of nitrogens with zero attached hydrogens (tertiary/aromatic N) is 3. The summed E-state index contributed by atoms with van der Waals surface area (Å²) < 4.78 is 0. The first-order chi connectivity index (χ1) is 13.3. The topological polar surface area (TPSA) is 43.9 Å². The second kappa shape index (κ2) is 8.85. The zero-order valence-corrected chi connectivity index (χ0v) is 18.2. The lowest BCUT2D eigenvalue weighted by Gasteiger charge is -2.36. The van der Waals surface area contributed by atoms with Crippen molar-refractivity contribution in [3.05, 3.63) is 39.5 Å². The van der Waals surface area contributed by atoms with E-state index < -0.39 is 0 Å². The predicted octanol–water partition coefficient (Wildman–Crippen LogP) is 3.90. The molecule has 2 aliphatic heterocycles. The summed E-state index contributed by atoms with van der Waals surface area (Å²) in [7, 11) is 4.02. The van der Waals surface area contributed by atoms with E-state index >= 15 is 0 Å². The Morgan fingerprint density at radius 3 is 2.43 bits per heavy atom. The lowest BCUT2D eigenvalue weighted by atomic mass is 10.00. The summed E-state index contributed by atoms with van der Waals surface area (Å²) in [5.74, 6) is -0.488. The number of unbranched alkanes of at least 4 members (excludes halogenated alkanes) is 1. The molecule has 0 aliphatic carbocycles. The number of hydrogen-bond donors (Lipinski definition) is 0. The van der Waals surface area contributed by atoms with Gasteiger partial charge in [-0.3, -0.25) is 14.5 Å². The molecule has 0 atom stereocenters. The Kier molecular flexibility index (Phi) is 6.69. The summed E-state index contributed by atoms with van der Waals surface area (Å²) in [6, 6.07) is 5.27. The van der Waals surface area contributed by atoms with E-state index in [0.29, 0.717) is 33.4 Å². The fourth-order valence-electron chi connectivity index (χ4n) is 3.91. The third kappa shape index (κ3) is 4.07. The molecule has 1 aromatic carbocycles. The van der Waals surface area contributed by atoms with Crippen molar-refractivity contribution in [1.29, 1.82) is 0 Å². The zero-order valence-electron chi connectivity index (χ0n) is 16.7. The highest BCUT2D eigenvalue weighted by molar-refractivity contribution is 6.41. The maximum absolute atomic E-state index is 13.3. The Hall–Kier alpha value is -1.56. The number of hydrogen-bond acceptors (Lipinski definition) is 4. The Labute approximate surface area is 176 Å². The van der Waals surface area contributed by atoms with Crippen molar-refractivity contribution in [2.24, 2.45) is 0 Å². The highest BCUT2D eigenvalue weighted by Crippen LogP contribution is 2.37. The van der Waals surface area contributed by atoms with Gasteiger partial charge in [0, 0.05) is 30.2 Å². The molecule has 0 aromatic heterocycles. The van der Waals surface area contributed by atoms with Gasteiger partial charge in [0.2, 0.25) is 0 Å². The maximum atomic E-state index is 13.3. The van der Waals surface area contributed by atoms with Gasteiger partial charge < -0.3 is 9.80 Å². The van der Waals surface area contributed by atoms with Gasteiger partial charge >= 0.3 is 0 Å².